The Kier molecular flexibility index (Phi) is 6.89. The lowest BCUT2D eigenvalue weighted by molar-refractivity contribution is 0.0474. The molecule has 7 nitrogen and oxygen atoms in total. The number of carbonyl (C=O) groups excluding carboxylic acids is 2. The van der Waals surface area contributed by atoms with Crippen molar-refractivity contribution in [1.29, 1.82) is 0 Å². The first-order chi connectivity index (χ1) is 16.0. The summed E-state index contributed by atoms with van der Waals surface area (Å²) >= 11 is 0. The summed E-state index contributed by atoms with van der Waals surface area (Å²) in [4.78, 5) is 29.6. The van der Waals surface area contributed by atoms with Crippen LogP contribution in [0.2, 0.25) is 0 Å². The maximum Gasteiger partial charge on any atom is 0.341 e. The topological polar surface area (TPSA) is 67.7 Å². The zero-order valence-corrected chi connectivity index (χ0v) is 19.4. The Hall–Kier alpha value is -3.45. The normalized spacial score (nSPS) is 16.6. The monoisotopic (exact) mass is 446 g/mol. The van der Waals surface area contributed by atoms with Gasteiger partial charge in [-0.25, -0.2) is 9.48 Å². The minimum atomic E-state index is -0.381. The Morgan fingerprint density at radius 1 is 1.06 bits per heavy atom. The smallest absolute Gasteiger partial charge is 0.341 e. The molecule has 1 amide bonds. The molecule has 3 aromatic rings. The molecule has 0 spiro atoms. The van der Waals surface area contributed by atoms with Gasteiger partial charge in [-0.1, -0.05) is 30.3 Å². The number of amides is 1. The molecule has 0 radical (unpaired) electrons. The molecule has 0 bridgehead atoms. The Bertz CT molecular complexity index is 1110. The highest BCUT2D eigenvalue weighted by molar-refractivity contribution is 5.94. The molecule has 0 saturated carbocycles. The molecular formula is C26H30N4O3. The lowest BCUT2D eigenvalue weighted by Crippen LogP contribution is -2.53. The molecule has 7 heteroatoms. The van der Waals surface area contributed by atoms with Gasteiger partial charge in [-0.15, -0.1) is 0 Å². The molecule has 4 rings (SSSR count). The van der Waals surface area contributed by atoms with E-state index in [1.165, 1.54) is 11.8 Å². The number of carbonyl (C=O) groups is 2. The Morgan fingerprint density at radius 3 is 2.45 bits per heavy atom. The van der Waals surface area contributed by atoms with E-state index in [-0.39, 0.29) is 17.9 Å². The minimum absolute atomic E-state index is 0.0396. The van der Waals surface area contributed by atoms with Crippen LogP contribution in [0.3, 0.4) is 0 Å². The third-order valence-electron chi connectivity index (χ3n) is 6.09. The molecule has 172 valence electrons. The molecule has 1 aliphatic heterocycles. The summed E-state index contributed by atoms with van der Waals surface area (Å²) in [6.45, 7) is 9.33. The van der Waals surface area contributed by atoms with E-state index in [0.717, 1.165) is 25.3 Å². The zero-order chi connectivity index (χ0) is 23.4. The van der Waals surface area contributed by atoms with E-state index in [1.54, 1.807) is 11.6 Å². The van der Waals surface area contributed by atoms with Crippen molar-refractivity contribution in [2.75, 3.05) is 26.2 Å². The van der Waals surface area contributed by atoms with Gasteiger partial charge in [0.05, 0.1) is 24.2 Å². The minimum Gasteiger partial charge on any atom is -0.462 e. The molecule has 1 unspecified atom stereocenters. The third-order valence-corrected chi connectivity index (χ3v) is 6.09. The molecule has 2 aromatic carbocycles. The number of aromatic nitrogens is 2. The lowest BCUT2D eigenvalue weighted by Gasteiger charge is -2.40. The number of hydrogen-bond acceptors (Lipinski definition) is 5. The van der Waals surface area contributed by atoms with Gasteiger partial charge in [-0.05, 0) is 50.6 Å². The van der Waals surface area contributed by atoms with Crippen molar-refractivity contribution < 1.29 is 14.3 Å². The molecule has 1 aromatic heterocycles. The number of ether oxygens (including phenoxy) is 1. The largest absolute Gasteiger partial charge is 0.462 e. The van der Waals surface area contributed by atoms with E-state index in [0.29, 0.717) is 30.0 Å². The second-order valence-corrected chi connectivity index (χ2v) is 8.39. The van der Waals surface area contributed by atoms with Gasteiger partial charge in [0.1, 0.15) is 5.56 Å². The van der Waals surface area contributed by atoms with Gasteiger partial charge in [0.15, 0.2) is 0 Å². The number of hydrogen-bond donors (Lipinski definition) is 0. The van der Waals surface area contributed by atoms with Crippen molar-refractivity contribution in [3.8, 4) is 5.69 Å². The highest BCUT2D eigenvalue weighted by Crippen LogP contribution is 2.19. The summed E-state index contributed by atoms with van der Waals surface area (Å²) in [7, 11) is 0. The maximum atomic E-state index is 13.2. The summed E-state index contributed by atoms with van der Waals surface area (Å²) < 4.78 is 6.77. The van der Waals surface area contributed by atoms with Crippen LogP contribution in [0.4, 0.5) is 0 Å². The van der Waals surface area contributed by atoms with Crippen LogP contribution >= 0.6 is 0 Å². The molecular weight excluding hydrogens is 416 g/mol. The molecule has 1 fully saturated rings. The van der Waals surface area contributed by atoms with Crippen LogP contribution in [-0.2, 0) is 11.3 Å². The molecule has 2 heterocycles. The Morgan fingerprint density at radius 2 is 1.79 bits per heavy atom. The summed E-state index contributed by atoms with van der Waals surface area (Å²) in [5.41, 5.74) is 3.88. The highest BCUT2D eigenvalue weighted by atomic mass is 16.5. The van der Waals surface area contributed by atoms with Gasteiger partial charge in [0.2, 0.25) is 0 Å². The van der Waals surface area contributed by atoms with Gasteiger partial charge in [-0.3, -0.25) is 9.69 Å². The fraction of sp³-hybridized carbons (Fsp3) is 0.346. The van der Waals surface area contributed by atoms with E-state index < -0.39 is 0 Å². The van der Waals surface area contributed by atoms with Gasteiger partial charge in [0.25, 0.3) is 5.91 Å². The summed E-state index contributed by atoms with van der Waals surface area (Å²) in [6, 6.07) is 17.9. The van der Waals surface area contributed by atoms with Crippen LogP contribution < -0.4 is 0 Å². The number of rotatable bonds is 6. The van der Waals surface area contributed by atoms with Crippen LogP contribution in [0.25, 0.3) is 5.69 Å². The second kappa shape index (κ2) is 10.0. The van der Waals surface area contributed by atoms with E-state index in [1.807, 2.05) is 42.2 Å². The van der Waals surface area contributed by atoms with Crippen LogP contribution in [0.5, 0.6) is 0 Å². The molecule has 1 aliphatic rings. The molecule has 0 aliphatic carbocycles. The van der Waals surface area contributed by atoms with E-state index in [2.05, 4.69) is 41.2 Å². The van der Waals surface area contributed by atoms with Crippen molar-refractivity contribution in [3.05, 3.63) is 83.2 Å². The summed E-state index contributed by atoms with van der Waals surface area (Å²) in [6.07, 6.45) is 1.52. The number of piperazine rings is 1. The van der Waals surface area contributed by atoms with Crippen LogP contribution in [0, 0.1) is 6.92 Å². The first-order valence-corrected chi connectivity index (χ1v) is 11.4. The van der Waals surface area contributed by atoms with Crippen molar-refractivity contribution in [1.82, 2.24) is 19.6 Å². The fourth-order valence-corrected chi connectivity index (χ4v) is 4.31. The molecule has 1 atom stereocenters. The van der Waals surface area contributed by atoms with Crippen LogP contribution in [0.1, 0.15) is 45.8 Å². The predicted molar refractivity (Wildman–Crippen MR) is 126 cm³/mol. The first kappa shape index (κ1) is 22.7. The van der Waals surface area contributed by atoms with E-state index >= 15 is 0 Å². The Labute approximate surface area is 194 Å². The van der Waals surface area contributed by atoms with E-state index in [9.17, 15) is 9.59 Å². The van der Waals surface area contributed by atoms with E-state index in [4.69, 9.17) is 4.74 Å². The van der Waals surface area contributed by atoms with Gasteiger partial charge in [0, 0.05) is 37.8 Å². The highest BCUT2D eigenvalue weighted by Gasteiger charge is 2.28. The molecule has 1 saturated heterocycles. The van der Waals surface area contributed by atoms with Crippen LogP contribution in [0.15, 0.2) is 60.8 Å². The lowest BCUT2D eigenvalue weighted by atomic mass is 10.1. The molecule has 33 heavy (non-hydrogen) atoms. The third kappa shape index (κ3) is 4.98. The summed E-state index contributed by atoms with van der Waals surface area (Å²) in [5.74, 6) is -0.341. The van der Waals surface area contributed by atoms with Gasteiger partial charge in [-0.2, -0.15) is 5.10 Å². The number of esters is 1. The fourth-order valence-electron chi connectivity index (χ4n) is 4.31. The predicted octanol–water partition coefficient (Wildman–Crippen LogP) is 3.70. The number of nitrogens with zero attached hydrogens (tertiary/aromatic N) is 4. The zero-order valence-electron chi connectivity index (χ0n) is 19.4. The standard InChI is InChI=1S/C26H30N4O3/c1-4-33-26(32)24-16-27-30(20(24)3)23-12-10-22(11-13-23)25(31)29-15-14-28(17-19(29)2)18-21-8-6-5-7-9-21/h5-13,16,19H,4,14-15,17-18H2,1-3H3. The first-order valence-electron chi connectivity index (χ1n) is 11.4. The second-order valence-electron chi connectivity index (χ2n) is 8.39. The molecule has 0 N–H and O–H groups in total. The number of benzene rings is 2. The quantitative estimate of drug-likeness (QED) is 0.540. The van der Waals surface area contributed by atoms with Crippen molar-refractivity contribution in [3.63, 3.8) is 0 Å². The van der Waals surface area contributed by atoms with Crippen molar-refractivity contribution >= 4 is 11.9 Å². The van der Waals surface area contributed by atoms with Crippen molar-refractivity contribution in [2.24, 2.45) is 0 Å². The average molecular weight is 447 g/mol. The van der Waals surface area contributed by atoms with Crippen LogP contribution in [-0.4, -0.2) is 63.7 Å². The van der Waals surface area contributed by atoms with Gasteiger partial charge < -0.3 is 9.64 Å². The maximum absolute atomic E-state index is 13.2. The van der Waals surface area contributed by atoms with Gasteiger partial charge >= 0.3 is 5.97 Å². The summed E-state index contributed by atoms with van der Waals surface area (Å²) in [5, 5.41) is 4.32. The SMILES string of the molecule is CCOC(=O)c1cnn(-c2ccc(C(=O)N3CCN(Cc4ccccc4)CC3C)cc2)c1C. The Balaban J connectivity index is 1.41. The van der Waals surface area contributed by atoms with Crippen molar-refractivity contribution in [2.45, 2.75) is 33.4 Å². The average Bonchev–Trinajstić information content (AvgIpc) is 3.21.